The van der Waals surface area contributed by atoms with E-state index < -0.39 is 23.1 Å². The number of amides is 1. The minimum Gasteiger partial charge on any atom is -0.622 e. The van der Waals surface area contributed by atoms with E-state index >= 15 is 0 Å². The monoisotopic (exact) mass is 323 g/mol. The number of ketones is 1. The van der Waals surface area contributed by atoms with E-state index in [0.717, 1.165) is 30.5 Å². The molecule has 2 aromatic rings. The summed E-state index contributed by atoms with van der Waals surface area (Å²) in [4.78, 5) is 23.7. The van der Waals surface area contributed by atoms with Crippen LogP contribution in [0.3, 0.4) is 0 Å². The van der Waals surface area contributed by atoms with E-state index in [2.05, 4.69) is 5.32 Å². The van der Waals surface area contributed by atoms with Crippen LogP contribution in [0.4, 0.5) is 14.5 Å². The van der Waals surface area contributed by atoms with Gasteiger partial charge < -0.3 is 10.1 Å². The van der Waals surface area contributed by atoms with Crippen molar-refractivity contribution in [1.82, 2.24) is 0 Å². The van der Waals surface area contributed by atoms with Crippen LogP contribution in [0.1, 0.15) is 39.1 Å². The second kappa shape index (κ2) is 7.34. The maximum Gasteiger partial charge on any atom is 1.00 e. The normalized spacial score (nSPS) is 13.0. The van der Waals surface area contributed by atoms with Crippen molar-refractivity contribution in [1.29, 1.82) is 0 Å². The summed E-state index contributed by atoms with van der Waals surface area (Å²) in [7, 11) is 0. The zero-order valence-electron chi connectivity index (χ0n) is 12.6. The SMILES string of the molecule is O=C1CCCc2cc([N-]C(=O)c3c(F)cccc3F)ccc21.[Na+]. The number of rotatable bonds is 2. The van der Waals surface area contributed by atoms with Gasteiger partial charge in [0.25, 0.3) is 0 Å². The van der Waals surface area contributed by atoms with Gasteiger partial charge in [0, 0.05) is 12.0 Å². The van der Waals surface area contributed by atoms with Gasteiger partial charge in [-0.2, -0.15) is 0 Å². The molecular formula is C17H12F2NNaO2. The van der Waals surface area contributed by atoms with E-state index in [1.54, 1.807) is 12.1 Å². The molecule has 3 nitrogen and oxygen atoms in total. The van der Waals surface area contributed by atoms with Crippen molar-refractivity contribution in [3.8, 4) is 0 Å². The number of halogens is 2. The first-order valence-corrected chi connectivity index (χ1v) is 6.92. The number of aryl methyl sites for hydroxylation is 1. The molecule has 0 saturated heterocycles. The molecule has 0 atom stereocenters. The van der Waals surface area contributed by atoms with Crippen LogP contribution in [-0.2, 0) is 6.42 Å². The third-order valence-corrected chi connectivity index (χ3v) is 3.65. The van der Waals surface area contributed by atoms with Crippen LogP contribution in [-0.4, -0.2) is 11.7 Å². The van der Waals surface area contributed by atoms with Gasteiger partial charge in [0.1, 0.15) is 11.6 Å². The molecule has 23 heavy (non-hydrogen) atoms. The number of carbonyl (C=O) groups excluding carboxylic acids is 2. The van der Waals surface area contributed by atoms with Crippen molar-refractivity contribution < 1.29 is 47.9 Å². The first-order chi connectivity index (χ1) is 10.6. The molecule has 0 aliphatic heterocycles. The Kier molecular flexibility index (Phi) is 5.68. The first kappa shape index (κ1) is 17.8. The smallest absolute Gasteiger partial charge is 0.622 e. The summed E-state index contributed by atoms with van der Waals surface area (Å²) in [5.41, 5.74) is 1.08. The molecule has 0 radical (unpaired) electrons. The van der Waals surface area contributed by atoms with E-state index in [-0.39, 0.29) is 35.3 Å². The molecule has 0 unspecified atom stereocenters. The van der Waals surface area contributed by atoms with Crippen LogP contribution in [0.5, 0.6) is 0 Å². The number of carbonyl (C=O) groups is 2. The molecule has 0 spiro atoms. The van der Waals surface area contributed by atoms with Gasteiger partial charge in [-0.1, -0.05) is 24.3 Å². The molecule has 1 aliphatic carbocycles. The van der Waals surface area contributed by atoms with Gasteiger partial charge in [-0.05, 0) is 30.5 Å². The molecule has 2 aromatic carbocycles. The first-order valence-electron chi connectivity index (χ1n) is 6.92. The fourth-order valence-electron chi connectivity index (χ4n) is 2.58. The van der Waals surface area contributed by atoms with Gasteiger partial charge in [-0.15, -0.1) is 5.69 Å². The number of benzene rings is 2. The predicted octanol–water partition coefficient (Wildman–Crippen LogP) is 1.33. The fourth-order valence-corrected chi connectivity index (χ4v) is 2.58. The van der Waals surface area contributed by atoms with Crippen molar-refractivity contribution in [3.63, 3.8) is 0 Å². The third kappa shape index (κ3) is 3.68. The van der Waals surface area contributed by atoms with E-state index in [9.17, 15) is 18.4 Å². The molecule has 3 rings (SSSR count). The molecule has 1 amide bonds. The standard InChI is InChI=1S/C17H13F2NO2.Na/c18-13-4-2-5-14(19)16(13)17(22)20-11-7-8-12-10(9-11)3-1-6-15(12)21;/h2,4-5,7-9H,1,3,6H2,(H,20,21,22);/q;+1/p-1. The molecule has 0 N–H and O–H groups in total. The van der Waals surface area contributed by atoms with Gasteiger partial charge >= 0.3 is 29.6 Å². The summed E-state index contributed by atoms with van der Waals surface area (Å²) in [5.74, 6) is -2.79. The van der Waals surface area contributed by atoms with Crippen molar-refractivity contribution in [3.05, 3.63) is 70.0 Å². The number of hydrogen-bond acceptors (Lipinski definition) is 2. The Balaban J connectivity index is 0.00000192. The predicted molar refractivity (Wildman–Crippen MR) is 77.4 cm³/mol. The van der Waals surface area contributed by atoms with Gasteiger partial charge in [0.05, 0.1) is 11.5 Å². The second-order valence-corrected chi connectivity index (χ2v) is 5.13. The summed E-state index contributed by atoms with van der Waals surface area (Å²) < 4.78 is 27.1. The number of Topliss-reactive ketones (excluding diaryl/α,β-unsaturated/α-hetero) is 1. The number of hydrogen-bond donors (Lipinski definition) is 0. The van der Waals surface area contributed by atoms with Gasteiger partial charge in [-0.25, -0.2) is 8.78 Å². The topological polar surface area (TPSA) is 48.2 Å². The van der Waals surface area contributed by atoms with Crippen LogP contribution < -0.4 is 29.6 Å². The average molecular weight is 323 g/mol. The maximum atomic E-state index is 13.6. The average Bonchev–Trinajstić information content (AvgIpc) is 2.47. The largest absolute Gasteiger partial charge is 1.00 e. The second-order valence-electron chi connectivity index (χ2n) is 5.13. The molecule has 0 fully saturated rings. The third-order valence-electron chi connectivity index (χ3n) is 3.65. The number of nitrogens with zero attached hydrogens (tertiary/aromatic N) is 1. The van der Waals surface area contributed by atoms with Crippen LogP contribution in [0.25, 0.3) is 5.32 Å². The Morgan fingerprint density at radius 1 is 1.04 bits per heavy atom. The van der Waals surface area contributed by atoms with Gasteiger partial charge in [-0.3, -0.25) is 4.79 Å². The van der Waals surface area contributed by atoms with E-state index in [1.165, 1.54) is 12.1 Å². The molecule has 0 aromatic heterocycles. The van der Waals surface area contributed by atoms with E-state index in [0.29, 0.717) is 17.7 Å². The van der Waals surface area contributed by atoms with Crippen LogP contribution in [0.15, 0.2) is 36.4 Å². The van der Waals surface area contributed by atoms with Crippen molar-refractivity contribution in [2.75, 3.05) is 0 Å². The van der Waals surface area contributed by atoms with Crippen molar-refractivity contribution in [2.24, 2.45) is 0 Å². The fraction of sp³-hybridized carbons (Fsp3) is 0.176. The summed E-state index contributed by atoms with van der Waals surface area (Å²) in [6, 6.07) is 7.96. The molecule has 0 heterocycles. The Morgan fingerprint density at radius 3 is 2.43 bits per heavy atom. The van der Waals surface area contributed by atoms with Crippen molar-refractivity contribution in [2.45, 2.75) is 19.3 Å². The van der Waals surface area contributed by atoms with Crippen LogP contribution in [0, 0.1) is 11.6 Å². The minimum atomic E-state index is -0.974. The van der Waals surface area contributed by atoms with Crippen LogP contribution >= 0.6 is 0 Å². The van der Waals surface area contributed by atoms with E-state index in [4.69, 9.17) is 0 Å². The summed E-state index contributed by atoms with van der Waals surface area (Å²) >= 11 is 0. The molecule has 0 bridgehead atoms. The Bertz CT molecular complexity index is 757. The van der Waals surface area contributed by atoms with Gasteiger partial charge in [0.15, 0.2) is 5.78 Å². The van der Waals surface area contributed by atoms with Gasteiger partial charge in [0.2, 0.25) is 0 Å². The Hall–Kier alpha value is -1.56. The minimum absolute atomic E-state index is 0. The molecular weight excluding hydrogens is 311 g/mol. The zero-order valence-corrected chi connectivity index (χ0v) is 14.6. The van der Waals surface area contributed by atoms with Crippen LogP contribution in [0.2, 0.25) is 0 Å². The van der Waals surface area contributed by atoms with Crippen molar-refractivity contribution >= 4 is 17.4 Å². The summed E-state index contributed by atoms with van der Waals surface area (Å²) in [5, 5.41) is 3.75. The summed E-state index contributed by atoms with van der Waals surface area (Å²) in [6.45, 7) is 0. The molecule has 6 heteroatoms. The molecule has 0 saturated carbocycles. The summed E-state index contributed by atoms with van der Waals surface area (Å²) in [6.07, 6.45) is 2.00. The zero-order chi connectivity index (χ0) is 15.7. The maximum absolute atomic E-state index is 13.6. The Morgan fingerprint density at radius 2 is 1.74 bits per heavy atom. The quantitative estimate of drug-likeness (QED) is 0.783. The molecule has 1 aliphatic rings. The number of fused-ring (bicyclic) bond motifs is 1. The van der Waals surface area contributed by atoms with E-state index in [1.807, 2.05) is 0 Å². The molecule has 112 valence electrons. The Labute approximate surface area is 154 Å².